The fraction of sp³-hybridized carbons (Fsp3) is 0.294. The molecular formula is C17H18Cl2N2. The fourth-order valence-corrected chi connectivity index (χ4v) is 3.02. The summed E-state index contributed by atoms with van der Waals surface area (Å²) in [5, 5.41) is 4.71. The zero-order valence-corrected chi connectivity index (χ0v) is 13.3. The molecule has 0 bridgehead atoms. The second kappa shape index (κ2) is 6.59. The molecule has 3 rings (SSSR count). The van der Waals surface area contributed by atoms with Gasteiger partial charge in [-0.25, -0.2) is 0 Å². The smallest absolute Gasteiger partial charge is 0.0602 e. The van der Waals surface area contributed by atoms with Crippen LogP contribution in [0, 0.1) is 0 Å². The number of anilines is 2. The summed E-state index contributed by atoms with van der Waals surface area (Å²) in [4.78, 5) is 2.44. The van der Waals surface area contributed by atoms with Crippen molar-refractivity contribution in [3.8, 4) is 0 Å². The van der Waals surface area contributed by atoms with Gasteiger partial charge in [0.1, 0.15) is 0 Å². The number of hydrogen-bond donors (Lipinski definition) is 1. The maximum Gasteiger partial charge on any atom is 0.0602 e. The van der Waals surface area contributed by atoms with E-state index >= 15 is 0 Å². The minimum absolute atomic E-state index is 0.595. The molecule has 0 aliphatic carbocycles. The Hall–Kier alpha value is -1.38. The number of nitrogens with zero attached hydrogens (tertiary/aromatic N) is 1. The molecule has 0 amide bonds. The maximum atomic E-state index is 6.06. The zero-order valence-electron chi connectivity index (χ0n) is 11.8. The molecule has 1 N–H and O–H groups in total. The van der Waals surface area contributed by atoms with E-state index in [1.807, 2.05) is 18.2 Å². The molecule has 2 aromatic carbocycles. The first-order valence-corrected chi connectivity index (χ1v) is 8.01. The molecule has 110 valence electrons. The first-order chi connectivity index (χ1) is 10.2. The van der Waals surface area contributed by atoms with E-state index < -0.39 is 0 Å². The molecule has 1 heterocycles. The van der Waals surface area contributed by atoms with Crippen molar-refractivity contribution >= 4 is 34.6 Å². The quantitative estimate of drug-likeness (QED) is 0.832. The van der Waals surface area contributed by atoms with Gasteiger partial charge < -0.3 is 10.2 Å². The van der Waals surface area contributed by atoms with Crippen LogP contribution >= 0.6 is 23.2 Å². The number of para-hydroxylation sites is 2. The van der Waals surface area contributed by atoms with Gasteiger partial charge in [0, 0.05) is 19.6 Å². The first kappa shape index (κ1) is 14.6. The number of halogens is 2. The number of hydrogen-bond acceptors (Lipinski definition) is 2. The predicted octanol–water partition coefficient (Wildman–Crippen LogP) is 5.21. The summed E-state index contributed by atoms with van der Waals surface area (Å²) in [7, 11) is 0. The molecule has 1 aliphatic heterocycles. The van der Waals surface area contributed by atoms with Crippen LogP contribution in [0.3, 0.4) is 0 Å². The van der Waals surface area contributed by atoms with Gasteiger partial charge in [-0.15, -0.1) is 0 Å². The lowest BCUT2D eigenvalue weighted by Crippen LogP contribution is -2.19. The van der Waals surface area contributed by atoms with Crippen molar-refractivity contribution in [2.24, 2.45) is 0 Å². The van der Waals surface area contributed by atoms with Crippen LogP contribution in [0.2, 0.25) is 10.0 Å². The van der Waals surface area contributed by atoms with Gasteiger partial charge in [0.05, 0.1) is 21.4 Å². The third-order valence-corrected chi connectivity index (χ3v) is 4.56. The Morgan fingerprint density at radius 2 is 1.71 bits per heavy atom. The van der Waals surface area contributed by atoms with E-state index in [0.29, 0.717) is 10.0 Å². The lowest BCUT2D eigenvalue weighted by molar-refractivity contribution is 0.949. The molecule has 2 nitrogen and oxygen atoms in total. The molecule has 1 aliphatic rings. The lowest BCUT2D eigenvalue weighted by atomic mass is 10.2. The van der Waals surface area contributed by atoms with E-state index in [1.54, 1.807) is 0 Å². The van der Waals surface area contributed by atoms with E-state index in [2.05, 4.69) is 34.5 Å². The number of benzene rings is 2. The lowest BCUT2D eigenvalue weighted by Gasteiger charge is -2.22. The molecule has 0 unspecified atom stereocenters. The molecule has 0 saturated carbocycles. The molecule has 4 heteroatoms. The Balaban J connectivity index is 1.74. The van der Waals surface area contributed by atoms with Crippen LogP contribution in [-0.4, -0.2) is 13.1 Å². The zero-order chi connectivity index (χ0) is 14.7. The average Bonchev–Trinajstić information content (AvgIpc) is 3.03. The van der Waals surface area contributed by atoms with Gasteiger partial charge in [-0.2, -0.15) is 0 Å². The van der Waals surface area contributed by atoms with Crippen molar-refractivity contribution in [1.82, 2.24) is 0 Å². The van der Waals surface area contributed by atoms with Crippen LogP contribution in [0.1, 0.15) is 18.4 Å². The Kier molecular flexibility index (Phi) is 4.57. The maximum absolute atomic E-state index is 6.06. The van der Waals surface area contributed by atoms with Crippen molar-refractivity contribution in [3.05, 3.63) is 58.1 Å². The van der Waals surface area contributed by atoms with Gasteiger partial charge >= 0.3 is 0 Å². The molecule has 0 atom stereocenters. The summed E-state index contributed by atoms with van der Waals surface area (Å²) in [5.41, 5.74) is 3.58. The highest BCUT2D eigenvalue weighted by Gasteiger charge is 2.15. The van der Waals surface area contributed by atoms with E-state index in [0.717, 1.165) is 25.2 Å². The van der Waals surface area contributed by atoms with Gasteiger partial charge in [-0.05, 0) is 42.7 Å². The van der Waals surface area contributed by atoms with Gasteiger partial charge in [0.15, 0.2) is 0 Å². The van der Waals surface area contributed by atoms with Crippen molar-refractivity contribution in [2.75, 3.05) is 23.3 Å². The summed E-state index contributed by atoms with van der Waals surface area (Å²) >= 11 is 12.0. The fourth-order valence-electron chi connectivity index (χ4n) is 2.70. The standard InChI is InChI=1S/C17H18Cl2N2/c18-14-8-7-13(11-15(14)19)12-20-16-5-1-2-6-17(16)21-9-3-4-10-21/h1-2,5-8,11,20H,3-4,9-10,12H2. The Labute approximate surface area is 135 Å². The molecule has 21 heavy (non-hydrogen) atoms. The highest BCUT2D eigenvalue weighted by molar-refractivity contribution is 6.42. The molecule has 0 aromatic heterocycles. The Bertz CT molecular complexity index is 622. The Morgan fingerprint density at radius 3 is 2.48 bits per heavy atom. The van der Waals surface area contributed by atoms with Crippen LogP contribution in [0.15, 0.2) is 42.5 Å². The van der Waals surface area contributed by atoms with E-state index in [1.165, 1.54) is 24.2 Å². The monoisotopic (exact) mass is 320 g/mol. The van der Waals surface area contributed by atoms with Crippen LogP contribution in [-0.2, 0) is 6.54 Å². The second-order valence-electron chi connectivity index (χ2n) is 5.31. The predicted molar refractivity (Wildman–Crippen MR) is 91.7 cm³/mol. The third-order valence-electron chi connectivity index (χ3n) is 3.82. The highest BCUT2D eigenvalue weighted by atomic mass is 35.5. The second-order valence-corrected chi connectivity index (χ2v) is 6.13. The van der Waals surface area contributed by atoms with Crippen molar-refractivity contribution in [3.63, 3.8) is 0 Å². The molecule has 0 radical (unpaired) electrons. The van der Waals surface area contributed by atoms with Crippen LogP contribution in [0.5, 0.6) is 0 Å². The first-order valence-electron chi connectivity index (χ1n) is 7.26. The summed E-state index contributed by atoms with van der Waals surface area (Å²) in [5.74, 6) is 0. The highest BCUT2D eigenvalue weighted by Crippen LogP contribution is 2.29. The van der Waals surface area contributed by atoms with Crippen LogP contribution in [0.25, 0.3) is 0 Å². The molecular weight excluding hydrogens is 303 g/mol. The normalized spacial score (nSPS) is 14.5. The van der Waals surface area contributed by atoms with E-state index in [4.69, 9.17) is 23.2 Å². The minimum Gasteiger partial charge on any atom is -0.379 e. The average molecular weight is 321 g/mol. The van der Waals surface area contributed by atoms with Gasteiger partial charge in [-0.3, -0.25) is 0 Å². The summed E-state index contributed by atoms with van der Waals surface area (Å²) in [6.07, 6.45) is 2.56. The topological polar surface area (TPSA) is 15.3 Å². The minimum atomic E-state index is 0.595. The van der Waals surface area contributed by atoms with Crippen LogP contribution < -0.4 is 10.2 Å². The van der Waals surface area contributed by atoms with E-state index in [-0.39, 0.29) is 0 Å². The summed E-state index contributed by atoms with van der Waals surface area (Å²) < 4.78 is 0. The van der Waals surface area contributed by atoms with Crippen molar-refractivity contribution < 1.29 is 0 Å². The molecule has 1 fully saturated rings. The third kappa shape index (κ3) is 3.45. The summed E-state index contributed by atoms with van der Waals surface area (Å²) in [6, 6.07) is 14.2. The number of rotatable bonds is 4. The van der Waals surface area contributed by atoms with E-state index in [9.17, 15) is 0 Å². The molecule has 0 spiro atoms. The van der Waals surface area contributed by atoms with Crippen LogP contribution in [0.4, 0.5) is 11.4 Å². The Morgan fingerprint density at radius 1 is 0.952 bits per heavy atom. The van der Waals surface area contributed by atoms with Crippen molar-refractivity contribution in [2.45, 2.75) is 19.4 Å². The van der Waals surface area contributed by atoms with Gasteiger partial charge in [0.25, 0.3) is 0 Å². The van der Waals surface area contributed by atoms with Gasteiger partial charge in [0.2, 0.25) is 0 Å². The van der Waals surface area contributed by atoms with Crippen molar-refractivity contribution in [1.29, 1.82) is 0 Å². The molecule has 2 aromatic rings. The SMILES string of the molecule is Clc1ccc(CNc2ccccc2N2CCCC2)cc1Cl. The largest absolute Gasteiger partial charge is 0.379 e. The van der Waals surface area contributed by atoms with Gasteiger partial charge in [-0.1, -0.05) is 41.4 Å². The molecule has 1 saturated heterocycles. The number of nitrogens with one attached hydrogen (secondary N) is 1. The summed E-state index contributed by atoms with van der Waals surface area (Å²) in [6.45, 7) is 3.03.